The van der Waals surface area contributed by atoms with Crippen molar-refractivity contribution >= 4 is 22.0 Å². The Labute approximate surface area is 137 Å². The maximum Gasteiger partial charge on any atom is 0.410 e. The monoisotopic (exact) mass is 361 g/mol. The Kier molecular flexibility index (Phi) is 4.18. The van der Waals surface area contributed by atoms with E-state index in [-0.39, 0.29) is 19.7 Å². The third-order valence-electron chi connectivity index (χ3n) is 3.73. The quantitative estimate of drug-likeness (QED) is 0.912. The number of halogens is 1. The molecule has 5 heteroatoms. The Morgan fingerprint density at radius 3 is 2.59 bits per heavy atom. The van der Waals surface area contributed by atoms with Crippen LogP contribution in [0.4, 0.5) is 4.79 Å². The number of carbonyl (C=O) groups is 1. The summed E-state index contributed by atoms with van der Waals surface area (Å²) in [4.78, 5) is 13.5. The summed E-state index contributed by atoms with van der Waals surface area (Å²) in [5.74, 6) is 0. The van der Waals surface area contributed by atoms with E-state index in [1.54, 1.807) is 0 Å². The minimum Gasteiger partial charge on any atom is -0.445 e. The van der Waals surface area contributed by atoms with Crippen molar-refractivity contribution in [1.29, 1.82) is 0 Å². The lowest BCUT2D eigenvalue weighted by Crippen LogP contribution is -2.61. The molecule has 2 aromatic carbocycles. The van der Waals surface area contributed by atoms with Crippen LogP contribution in [0.15, 0.2) is 59.1 Å². The molecule has 0 unspecified atom stereocenters. The summed E-state index contributed by atoms with van der Waals surface area (Å²) in [7, 11) is 0. The standard InChI is InChI=1S/C17H16BrNO3/c18-15-8-4-7-14(9-15)17(21)11-19(12-17)16(20)22-10-13-5-2-1-3-6-13/h1-9,21H,10-12H2. The van der Waals surface area contributed by atoms with Gasteiger partial charge >= 0.3 is 6.09 Å². The first kappa shape index (κ1) is 15.1. The first-order valence-electron chi connectivity index (χ1n) is 7.01. The minimum atomic E-state index is -0.991. The third-order valence-corrected chi connectivity index (χ3v) is 4.22. The molecule has 0 spiro atoms. The topological polar surface area (TPSA) is 49.8 Å². The summed E-state index contributed by atoms with van der Waals surface area (Å²) in [6.45, 7) is 0.736. The summed E-state index contributed by atoms with van der Waals surface area (Å²) in [6, 6.07) is 17.0. The highest BCUT2D eigenvalue weighted by molar-refractivity contribution is 9.10. The maximum atomic E-state index is 12.0. The largest absolute Gasteiger partial charge is 0.445 e. The van der Waals surface area contributed by atoms with E-state index in [0.717, 1.165) is 15.6 Å². The summed E-state index contributed by atoms with van der Waals surface area (Å²) in [6.07, 6.45) is -0.400. The van der Waals surface area contributed by atoms with Gasteiger partial charge in [-0.05, 0) is 23.3 Å². The van der Waals surface area contributed by atoms with E-state index in [0.29, 0.717) is 0 Å². The number of ether oxygens (including phenoxy) is 1. The second-order valence-electron chi connectivity index (χ2n) is 5.44. The normalized spacial score (nSPS) is 16.0. The van der Waals surface area contributed by atoms with Crippen molar-refractivity contribution in [3.63, 3.8) is 0 Å². The van der Waals surface area contributed by atoms with E-state index in [1.807, 2.05) is 54.6 Å². The first-order valence-corrected chi connectivity index (χ1v) is 7.80. The van der Waals surface area contributed by atoms with Crippen LogP contribution < -0.4 is 0 Å². The molecule has 1 saturated heterocycles. The van der Waals surface area contributed by atoms with E-state index < -0.39 is 11.7 Å². The van der Waals surface area contributed by atoms with E-state index >= 15 is 0 Å². The Hall–Kier alpha value is -1.85. The van der Waals surface area contributed by atoms with Crippen LogP contribution in [0.1, 0.15) is 11.1 Å². The van der Waals surface area contributed by atoms with Gasteiger partial charge in [-0.25, -0.2) is 4.79 Å². The van der Waals surface area contributed by atoms with Crippen LogP contribution in [0.25, 0.3) is 0 Å². The van der Waals surface area contributed by atoms with Crippen LogP contribution in [-0.2, 0) is 16.9 Å². The van der Waals surface area contributed by atoms with Crippen LogP contribution in [0.3, 0.4) is 0 Å². The highest BCUT2D eigenvalue weighted by Gasteiger charge is 2.45. The number of amides is 1. The smallest absolute Gasteiger partial charge is 0.410 e. The Bertz CT molecular complexity index is 669. The Balaban J connectivity index is 1.55. The molecule has 1 N–H and O–H groups in total. The average molecular weight is 362 g/mol. The van der Waals surface area contributed by atoms with Gasteiger partial charge < -0.3 is 14.7 Å². The molecule has 0 radical (unpaired) electrons. The van der Waals surface area contributed by atoms with Gasteiger partial charge in [0.1, 0.15) is 12.2 Å². The molecule has 0 atom stereocenters. The lowest BCUT2D eigenvalue weighted by molar-refractivity contribution is -0.0949. The second-order valence-corrected chi connectivity index (χ2v) is 6.35. The number of rotatable bonds is 3. The van der Waals surface area contributed by atoms with Crippen molar-refractivity contribution in [3.05, 3.63) is 70.2 Å². The molecular weight excluding hydrogens is 346 g/mol. The van der Waals surface area contributed by atoms with Gasteiger partial charge in [0.05, 0.1) is 13.1 Å². The molecule has 1 heterocycles. The highest BCUT2D eigenvalue weighted by atomic mass is 79.9. The molecule has 22 heavy (non-hydrogen) atoms. The molecule has 1 aliphatic heterocycles. The zero-order valence-electron chi connectivity index (χ0n) is 11.9. The van der Waals surface area contributed by atoms with Gasteiger partial charge in [0.2, 0.25) is 0 Å². The lowest BCUT2D eigenvalue weighted by atomic mass is 9.86. The summed E-state index contributed by atoms with van der Waals surface area (Å²) >= 11 is 3.39. The van der Waals surface area contributed by atoms with Crippen LogP contribution in [0, 0.1) is 0 Å². The third kappa shape index (κ3) is 3.15. The average Bonchev–Trinajstić information content (AvgIpc) is 2.50. The molecule has 1 fully saturated rings. The van der Waals surface area contributed by atoms with Crippen molar-refractivity contribution in [2.75, 3.05) is 13.1 Å². The second kappa shape index (κ2) is 6.10. The van der Waals surface area contributed by atoms with Gasteiger partial charge in [-0.1, -0.05) is 58.4 Å². The number of hydrogen-bond donors (Lipinski definition) is 1. The summed E-state index contributed by atoms with van der Waals surface area (Å²) < 4.78 is 6.16. The number of β-amino-alcohol motifs (C(OH)–C–C–N with tert-alkyl or cyclic N) is 1. The van der Waals surface area contributed by atoms with E-state index in [1.165, 1.54) is 4.90 Å². The number of nitrogens with zero attached hydrogens (tertiary/aromatic N) is 1. The zero-order chi connectivity index (χ0) is 15.6. The molecule has 0 saturated carbocycles. The van der Waals surface area contributed by atoms with E-state index in [2.05, 4.69) is 15.9 Å². The van der Waals surface area contributed by atoms with Gasteiger partial charge in [-0.3, -0.25) is 0 Å². The van der Waals surface area contributed by atoms with Crippen LogP contribution >= 0.6 is 15.9 Å². The molecule has 0 aromatic heterocycles. The predicted molar refractivity (Wildman–Crippen MR) is 86.2 cm³/mol. The number of hydrogen-bond acceptors (Lipinski definition) is 3. The molecule has 0 aliphatic carbocycles. The van der Waals surface area contributed by atoms with Gasteiger partial charge in [0, 0.05) is 4.47 Å². The van der Waals surface area contributed by atoms with Crippen molar-refractivity contribution in [2.45, 2.75) is 12.2 Å². The summed E-state index contributed by atoms with van der Waals surface area (Å²) in [5, 5.41) is 10.5. The van der Waals surface area contributed by atoms with Crippen molar-refractivity contribution in [2.24, 2.45) is 0 Å². The van der Waals surface area contributed by atoms with Crippen LogP contribution in [-0.4, -0.2) is 29.2 Å². The SMILES string of the molecule is O=C(OCc1ccccc1)N1CC(O)(c2cccc(Br)c2)C1. The van der Waals surface area contributed by atoms with E-state index in [9.17, 15) is 9.90 Å². The molecule has 3 rings (SSSR count). The zero-order valence-corrected chi connectivity index (χ0v) is 13.5. The Morgan fingerprint density at radius 2 is 1.91 bits per heavy atom. The molecule has 0 bridgehead atoms. The maximum absolute atomic E-state index is 12.0. The molecule has 114 valence electrons. The Morgan fingerprint density at radius 1 is 1.18 bits per heavy atom. The number of carbonyl (C=O) groups excluding carboxylic acids is 1. The van der Waals surface area contributed by atoms with Crippen molar-refractivity contribution in [1.82, 2.24) is 4.90 Å². The molecule has 4 nitrogen and oxygen atoms in total. The first-order chi connectivity index (χ1) is 10.6. The molecule has 1 aliphatic rings. The number of aliphatic hydroxyl groups is 1. The van der Waals surface area contributed by atoms with Gasteiger partial charge in [0.15, 0.2) is 0 Å². The van der Waals surface area contributed by atoms with Crippen LogP contribution in [0.2, 0.25) is 0 Å². The number of likely N-dealkylation sites (tertiary alicyclic amines) is 1. The summed E-state index contributed by atoms with van der Waals surface area (Å²) in [5.41, 5.74) is 0.753. The fourth-order valence-corrected chi connectivity index (χ4v) is 2.88. The fourth-order valence-electron chi connectivity index (χ4n) is 2.49. The predicted octanol–water partition coefficient (Wildman–Crippen LogP) is 3.29. The van der Waals surface area contributed by atoms with Gasteiger partial charge in [-0.15, -0.1) is 0 Å². The minimum absolute atomic E-state index is 0.242. The highest BCUT2D eigenvalue weighted by Crippen LogP contribution is 2.33. The van der Waals surface area contributed by atoms with Gasteiger partial charge in [0.25, 0.3) is 0 Å². The molecule has 2 aromatic rings. The molecular formula is C17H16BrNO3. The van der Waals surface area contributed by atoms with E-state index in [4.69, 9.17) is 4.74 Å². The van der Waals surface area contributed by atoms with Crippen molar-refractivity contribution < 1.29 is 14.6 Å². The number of benzene rings is 2. The molecule has 1 amide bonds. The lowest BCUT2D eigenvalue weighted by Gasteiger charge is -2.45. The fraction of sp³-hybridized carbons (Fsp3) is 0.235. The van der Waals surface area contributed by atoms with Crippen molar-refractivity contribution in [3.8, 4) is 0 Å². The van der Waals surface area contributed by atoms with Crippen LogP contribution in [0.5, 0.6) is 0 Å². The van der Waals surface area contributed by atoms with Gasteiger partial charge in [-0.2, -0.15) is 0 Å².